The molecule has 5 nitrogen and oxygen atoms in total. The van der Waals surface area contributed by atoms with Gasteiger partial charge in [0.2, 0.25) is 5.91 Å². The van der Waals surface area contributed by atoms with E-state index in [4.69, 9.17) is 4.74 Å². The predicted octanol–water partition coefficient (Wildman–Crippen LogP) is 5.74. The molecule has 1 saturated heterocycles. The second-order valence-corrected chi connectivity index (χ2v) is 8.35. The van der Waals surface area contributed by atoms with Crippen molar-refractivity contribution in [3.63, 3.8) is 0 Å². The first-order valence-corrected chi connectivity index (χ1v) is 11.0. The van der Waals surface area contributed by atoms with E-state index in [1.54, 1.807) is 42.3 Å². The zero-order valence-electron chi connectivity index (χ0n) is 17.4. The van der Waals surface area contributed by atoms with Gasteiger partial charge in [-0.1, -0.05) is 18.2 Å². The van der Waals surface area contributed by atoms with E-state index in [-0.39, 0.29) is 16.8 Å². The molecular formula is C24H19F3N2O3S. The molecule has 0 saturated carbocycles. The molecule has 1 heterocycles. The first kappa shape index (κ1) is 22.7. The number of amides is 2. The molecule has 2 amide bonds. The lowest BCUT2D eigenvalue weighted by Crippen LogP contribution is -2.27. The van der Waals surface area contributed by atoms with E-state index in [1.807, 2.05) is 18.2 Å². The fourth-order valence-corrected chi connectivity index (χ4v) is 4.66. The van der Waals surface area contributed by atoms with Crippen molar-refractivity contribution in [2.24, 2.45) is 0 Å². The van der Waals surface area contributed by atoms with Crippen molar-refractivity contribution in [3.8, 4) is 5.75 Å². The highest BCUT2D eigenvalue weighted by Crippen LogP contribution is 2.43. The Labute approximate surface area is 192 Å². The molecule has 33 heavy (non-hydrogen) atoms. The summed E-state index contributed by atoms with van der Waals surface area (Å²) < 4.78 is 43.5. The minimum absolute atomic E-state index is 0.0440. The van der Waals surface area contributed by atoms with Crippen LogP contribution in [0.4, 0.5) is 24.5 Å². The molecule has 1 N–H and O–H groups in total. The number of hydrogen-bond acceptors (Lipinski definition) is 4. The highest BCUT2D eigenvalue weighted by Gasteiger charge is 2.34. The Bertz CT molecular complexity index is 1180. The minimum atomic E-state index is -4.46. The standard InChI is InChI=1S/C24H19F3N2O3S/c1-32-20-7-3-6-19(13-20)29-21(30)14-33-23(29)16-4-2-5-18(12-16)28-22(31)15-8-10-17(11-9-15)24(25,26)27/h2-13,23H,14H2,1H3,(H,28,31)/t23-/m1/s1. The molecule has 0 aliphatic carbocycles. The van der Waals surface area contributed by atoms with Crippen molar-refractivity contribution in [3.05, 3.63) is 89.5 Å². The van der Waals surface area contributed by atoms with Gasteiger partial charge in [0.15, 0.2) is 0 Å². The van der Waals surface area contributed by atoms with Gasteiger partial charge in [-0.3, -0.25) is 14.5 Å². The monoisotopic (exact) mass is 472 g/mol. The van der Waals surface area contributed by atoms with E-state index in [1.165, 1.54) is 11.8 Å². The molecule has 1 aliphatic heterocycles. The van der Waals surface area contributed by atoms with Crippen LogP contribution in [-0.2, 0) is 11.0 Å². The van der Waals surface area contributed by atoms with Crippen LogP contribution >= 0.6 is 11.8 Å². The van der Waals surface area contributed by atoms with E-state index in [0.29, 0.717) is 22.9 Å². The van der Waals surface area contributed by atoms with Crippen LogP contribution in [0.2, 0.25) is 0 Å². The number of anilines is 2. The van der Waals surface area contributed by atoms with Crippen molar-refractivity contribution in [2.45, 2.75) is 11.6 Å². The first-order chi connectivity index (χ1) is 15.8. The highest BCUT2D eigenvalue weighted by molar-refractivity contribution is 8.00. The summed E-state index contributed by atoms with van der Waals surface area (Å²) in [5.41, 5.74) is 1.27. The molecule has 1 fully saturated rings. The number of methoxy groups -OCH3 is 1. The van der Waals surface area contributed by atoms with Crippen LogP contribution in [0.5, 0.6) is 5.75 Å². The van der Waals surface area contributed by atoms with Crippen molar-refractivity contribution in [2.75, 3.05) is 23.1 Å². The number of alkyl halides is 3. The smallest absolute Gasteiger partial charge is 0.416 e. The first-order valence-electron chi connectivity index (χ1n) is 9.92. The lowest BCUT2D eigenvalue weighted by Gasteiger charge is -2.25. The van der Waals surface area contributed by atoms with Gasteiger partial charge in [-0.25, -0.2) is 0 Å². The third-order valence-corrected chi connectivity index (χ3v) is 6.32. The molecule has 1 aliphatic rings. The van der Waals surface area contributed by atoms with Gasteiger partial charge in [-0.05, 0) is 54.1 Å². The number of ether oxygens (including phenoxy) is 1. The lowest BCUT2D eigenvalue weighted by molar-refractivity contribution is -0.137. The fraction of sp³-hybridized carbons (Fsp3) is 0.167. The van der Waals surface area contributed by atoms with E-state index >= 15 is 0 Å². The van der Waals surface area contributed by atoms with Crippen LogP contribution < -0.4 is 15.0 Å². The van der Waals surface area contributed by atoms with Gasteiger partial charge in [-0.2, -0.15) is 13.2 Å². The number of carbonyl (C=O) groups excluding carboxylic acids is 2. The van der Waals surface area contributed by atoms with Gasteiger partial charge in [-0.15, -0.1) is 11.8 Å². The number of benzene rings is 3. The zero-order chi connectivity index (χ0) is 23.6. The van der Waals surface area contributed by atoms with Crippen LogP contribution in [0.3, 0.4) is 0 Å². The van der Waals surface area contributed by atoms with Gasteiger partial charge in [0.25, 0.3) is 5.91 Å². The van der Waals surface area contributed by atoms with Crippen LogP contribution in [0.15, 0.2) is 72.8 Å². The van der Waals surface area contributed by atoms with Crippen LogP contribution in [0.1, 0.15) is 26.9 Å². The molecule has 3 aromatic carbocycles. The maximum Gasteiger partial charge on any atom is 0.416 e. The van der Waals surface area contributed by atoms with Gasteiger partial charge < -0.3 is 10.1 Å². The molecular weight excluding hydrogens is 453 g/mol. The average molecular weight is 472 g/mol. The van der Waals surface area contributed by atoms with Crippen LogP contribution in [0, 0.1) is 0 Å². The molecule has 170 valence electrons. The molecule has 1 atom stereocenters. The SMILES string of the molecule is COc1cccc(N2C(=O)CS[C@@H]2c2cccc(NC(=O)c3ccc(C(F)(F)F)cc3)c2)c1. The number of rotatable bonds is 5. The number of thioether (sulfide) groups is 1. The second kappa shape index (κ2) is 9.19. The molecule has 0 spiro atoms. The molecule has 0 radical (unpaired) electrons. The number of nitrogens with zero attached hydrogens (tertiary/aromatic N) is 1. The summed E-state index contributed by atoms with van der Waals surface area (Å²) in [4.78, 5) is 26.8. The van der Waals surface area contributed by atoms with Crippen molar-refractivity contribution in [1.82, 2.24) is 0 Å². The Hall–Kier alpha value is -3.46. The number of nitrogens with one attached hydrogen (secondary N) is 1. The van der Waals surface area contributed by atoms with Gasteiger partial charge in [0, 0.05) is 23.0 Å². The average Bonchev–Trinajstić information content (AvgIpc) is 3.20. The Kier molecular flexibility index (Phi) is 6.33. The summed E-state index contributed by atoms with van der Waals surface area (Å²) in [5, 5.41) is 2.41. The quantitative estimate of drug-likeness (QED) is 0.514. The molecule has 4 rings (SSSR count). The largest absolute Gasteiger partial charge is 0.497 e. The summed E-state index contributed by atoms with van der Waals surface area (Å²) in [6.07, 6.45) is -4.46. The molecule has 9 heteroatoms. The van der Waals surface area contributed by atoms with Crippen LogP contribution in [-0.4, -0.2) is 24.7 Å². The summed E-state index contributed by atoms with van der Waals surface area (Å²) in [6.45, 7) is 0. The maximum atomic E-state index is 12.7. The highest BCUT2D eigenvalue weighted by atomic mass is 32.2. The van der Waals surface area contributed by atoms with Gasteiger partial charge in [0.1, 0.15) is 11.1 Å². The summed E-state index contributed by atoms with van der Waals surface area (Å²) in [7, 11) is 1.56. The van der Waals surface area contributed by atoms with Crippen LogP contribution in [0.25, 0.3) is 0 Å². The Morgan fingerprint density at radius 2 is 1.79 bits per heavy atom. The molecule has 0 bridgehead atoms. The maximum absolute atomic E-state index is 12.7. The lowest BCUT2D eigenvalue weighted by atomic mass is 10.1. The van der Waals surface area contributed by atoms with E-state index in [0.717, 1.165) is 29.8 Å². The minimum Gasteiger partial charge on any atom is -0.497 e. The Morgan fingerprint density at radius 3 is 2.48 bits per heavy atom. The van der Waals surface area contributed by atoms with Crippen molar-refractivity contribution < 1.29 is 27.5 Å². The normalized spacial score (nSPS) is 16.1. The molecule has 3 aromatic rings. The van der Waals surface area contributed by atoms with E-state index in [2.05, 4.69) is 5.32 Å². The van der Waals surface area contributed by atoms with E-state index < -0.39 is 17.6 Å². The molecule has 0 aromatic heterocycles. The zero-order valence-corrected chi connectivity index (χ0v) is 18.2. The second-order valence-electron chi connectivity index (χ2n) is 7.28. The van der Waals surface area contributed by atoms with Crippen molar-refractivity contribution >= 4 is 35.0 Å². The molecule has 0 unspecified atom stereocenters. The number of hydrogen-bond donors (Lipinski definition) is 1. The summed E-state index contributed by atoms with van der Waals surface area (Å²) in [5.74, 6) is 0.371. The summed E-state index contributed by atoms with van der Waals surface area (Å²) >= 11 is 1.46. The number of carbonyl (C=O) groups is 2. The number of halogens is 3. The van der Waals surface area contributed by atoms with Crippen molar-refractivity contribution in [1.29, 1.82) is 0 Å². The third-order valence-electron chi connectivity index (χ3n) is 5.10. The topological polar surface area (TPSA) is 58.6 Å². The fourth-order valence-electron chi connectivity index (χ4n) is 3.49. The Balaban J connectivity index is 1.54. The van der Waals surface area contributed by atoms with Gasteiger partial charge in [0.05, 0.1) is 18.4 Å². The summed E-state index contributed by atoms with van der Waals surface area (Å²) in [6, 6.07) is 18.3. The predicted molar refractivity (Wildman–Crippen MR) is 122 cm³/mol. The Morgan fingerprint density at radius 1 is 1.06 bits per heavy atom. The van der Waals surface area contributed by atoms with Gasteiger partial charge >= 0.3 is 6.18 Å². The van der Waals surface area contributed by atoms with E-state index in [9.17, 15) is 22.8 Å². The third kappa shape index (κ3) is 4.98.